The second-order valence-electron chi connectivity index (χ2n) is 9.87. The number of benzene rings is 2. The zero-order valence-corrected chi connectivity index (χ0v) is 22.3. The van der Waals surface area contributed by atoms with Crippen molar-refractivity contribution in [1.82, 2.24) is 0 Å². The van der Waals surface area contributed by atoms with Gasteiger partial charge < -0.3 is 0 Å². The molecule has 0 saturated carbocycles. The number of rotatable bonds is 16. The van der Waals surface area contributed by atoms with Crippen LogP contribution in [0.4, 0.5) is 11.4 Å². The minimum absolute atomic E-state index is 0.0329. The van der Waals surface area contributed by atoms with E-state index in [0.29, 0.717) is 17.8 Å². The molecule has 1 amide bonds. The minimum Gasteiger partial charge on any atom is -0.278 e. The van der Waals surface area contributed by atoms with Crippen LogP contribution in [0.1, 0.15) is 110 Å². The van der Waals surface area contributed by atoms with Crippen LogP contribution in [0.2, 0.25) is 0 Å². The van der Waals surface area contributed by atoms with E-state index in [9.17, 15) is 13.2 Å². The molecule has 0 saturated heterocycles. The van der Waals surface area contributed by atoms with Crippen molar-refractivity contribution in [1.29, 1.82) is 0 Å². The lowest BCUT2D eigenvalue weighted by molar-refractivity contribution is -0.118. The Morgan fingerprint density at radius 3 is 1.40 bits per heavy atom. The highest BCUT2D eigenvalue weighted by Crippen LogP contribution is 2.44. The maximum absolute atomic E-state index is 13.2. The van der Waals surface area contributed by atoms with Gasteiger partial charge in [-0.25, -0.2) is 8.42 Å². The summed E-state index contributed by atoms with van der Waals surface area (Å²) in [4.78, 5) is 15.2. The Labute approximate surface area is 213 Å². The minimum atomic E-state index is -3.61. The van der Waals surface area contributed by atoms with E-state index < -0.39 is 9.84 Å². The summed E-state index contributed by atoms with van der Waals surface area (Å²) >= 11 is 0. The number of unbranched alkanes of at least 4 members (excludes halogenated alkanes) is 14. The molecule has 35 heavy (non-hydrogen) atoms. The van der Waals surface area contributed by atoms with Gasteiger partial charge in [0.1, 0.15) is 0 Å². The van der Waals surface area contributed by atoms with Crippen molar-refractivity contribution in [2.24, 2.45) is 0 Å². The van der Waals surface area contributed by atoms with Crippen LogP contribution in [0, 0.1) is 0 Å². The molecule has 0 radical (unpaired) electrons. The Morgan fingerprint density at radius 1 is 0.600 bits per heavy atom. The number of hydrogen-bond donors (Lipinski definition) is 0. The van der Waals surface area contributed by atoms with Crippen LogP contribution in [0.25, 0.3) is 0 Å². The van der Waals surface area contributed by atoms with Gasteiger partial charge in [-0.15, -0.1) is 0 Å². The summed E-state index contributed by atoms with van der Waals surface area (Å²) in [6.45, 7) is 2.27. The molecule has 0 atom stereocenters. The summed E-state index contributed by atoms with van der Waals surface area (Å²) in [7, 11) is -3.61. The average molecular weight is 498 g/mol. The largest absolute Gasteiger partial charge is 0.278 e. The van der Waals surface area contributed by atoms with Crippen molar-refractivity contribution in [3.05, 3.63) is 48.5 Å². The van der Waals surface area contributed by atoms with Crippen LogP contribution in [-0.2, 0) is 14.6 Å². The van der Waals surface area contributed by atoms with Gasteiger partial charge >= 0.3 is 0 Å². The molecule has 1 aliphatic rings. The fraction of sp³-hybridized carbons (Fsp3) is 0.567. The first-order valence-electron chi connectivity index (χ1n) is 13.8. The van der Waals surface area contributed by atoms with E-state index in [1.165, 1.54) is 77.0 Å². The van der Waals surface area contributed by atoms with Gasteiger partial charge in [0.2, 0.25) is 15.7 Å². The van der Waals surface area contributed by atoms with E-state index in [4.69, 9.17) is 0 Å². The van der Waals surface area contributed by atoms with Crippen molar-refractivity contribution in [3.8, 4) is 0 Å². The lowest BCUT2D eigenvalue weighted by Gasteiger charge is -2.31. The zero-order chi connectivity index (χ0) is 24.9. The summed E-state index contributed by atoms with van der Waals surface area (Å²) < 4.78 is 26.1. The summed E-state index contributed by atoms with van der Waals surface area (Å²) in [6.07, 6.45) is 19.8. The number of hydrogen-bond acceptors (Lipinski definition) is 3. The fourth-order valence-electron chi connectivity index (χ4n) is 5.01. The van der Waals surface area contributed by atoms with Crippen molar-refractivity contribution < 1.29 is 13.2 Å². The zero-order valence-electron chi connectivity index (χ0n) is 21.5. The molecule has 0 N–H and O–H groups in total. The molecule has 0 aliphatic carbocycles. The Balaban J connectivity index is 1.34. The standard InChI is InChI=1S/C30H43NO3S/c1-2-3-4-5-6-7-8-9-10-11-12-13-14-15-16-25-30(32)31-26-21-17-19-23-28(26)35(33,34)29-24-20-18-22-27(29)31/h17-24H,2-16,25H2,1H3. The Morgan fingerprint density at radius 2 is 0.971 bits per heavy atom. The van der Waals surface area contributed by atoms with Crippen molar-refractivity contribution >= 4 is 27.1 Å². The van der Waals surface area contributed by atoms with Gasteiger partial charge in [0, 0.05) is 6.42 Å². The van der Waals surface area contributed by atoms with Crippen molar-refractivity contribution in [3.63, 3.8) is 0 Å². The van der Waals surface area contributed by atoms with Crippen LogP contribution in [0.3, 0.4) is 0 Å². The summed E-state index contributed by atoms with van der Waals surface area (Å²) in [6, 6.07) is 13.6. The Kier molecular flexibility index (Phi) is 11.3. The molecular formula is C30H43NO3S. The highest BCUT2D eigenvalue weighted by atomic mass is 32.2. The number of nitrogens with zero attached hydrogens (tertiary/aromatic N) is 1. The number of sulfone groups is 1. The number of carbonyl (C=O) groups is 1. The maximum Gasteiger partial charge on any atom is 0.231 e. The molecule has 0 fully saturated rings. The molecule has 0 spiro atoms. The van der Waals surface area contributed by atoms with Gasteiger partial charge in [-0.05, 0) is 30.7 Å². The third-order valence-corrected chi connectivity index (χ3v) is 8.88. The summed E-state index contributed by atoms with van der Waals surface area (Å²) in [5.41, 5.74) is 0.939. The van der Waals surface area contributed by atoms with E-state index >= 15 is 0 Å². The first-order valence-corrected chi connectivity index (χ1v) is 15.3. The van der Waals surface area contributed by atoms with E-state index in [-0.39, 0.29) is 15.7 Å². The van der Waals surface area contributed by atoms with Gasteiger partial charge in [0.25, 0.3) is 0 Å². The van der Waals surface area contributed by atoms with E-state index in [0.717, 1.165) is 19.3 Å². The molecular weight excluding hydrogens is 454 g/mol. The van der Waals surface area contributed by atoms with E-state index in [1.807, 2.05) is 0 Å². The van der Waals surface area contributed by atoms with Crippen molar-refractivity contribution in [2.45, 2.75) is 119 Å². The predicted octanol–water partition coefficient (Wildman–Crippen LogP) is 8.76. The molecule has 5 heteroatoms. The van der Waals surface area contributed by atoms with Gasteiger partial charge in [0.05, 0.1) is 21.2 Å². The Bertz CT molecular complexity index is 978. The SMILES string of the molecule is CCCCCCCCCCCCCCCCCC(=O)N1c2ccccc2S(=O)(=O)c2ccccc21. The predicted molar refractivity (Wildman–Crippen MR) is 145 cm³/mol. The number of amides is 1. The van der Waals surface area contributed by atoms with Crippen LogP contribution in [0.5, 0.6) is 0 Å². The summed E-state index contributed by atoms with van der Waals surface area (Å²) in [5, 5.41) is 0. The van der Waals surface area contributed by atoms with Crippen LogP contribution in [-0.4, -0.2) is 14.3 Å². The van der Waals surface area contributed by atoms with E-state index in [1.54, 1.807) is 53.4 Å². The monoisotopic (exact) mass is 497 g/mol. The Hall–Kier alpha value is -2.14. The first kappa shape index (κ1) is 27.4. The third-order valence-electron chi connectivity index (χ3n) is 7.03. The molecule has 3 rings (SSSR count). The molecule has 1 aliphatic heterocycles. The lowest BCUT2D eigenvalue weighted by Crippen LogP contribution is -2.31. The maximum atomic E-state index is 13.2. The van der Waals surface area contributed by atoms with Crippen LogP contribution < -0.4 is 4.90 Å². The topological polar surface area (TPSA) is 54.5 Å². The molecule has 4 nitrogen and oxygen atoms in total. The number of fused-ring (bicyclic) bond motifs is 2. The second-order valence-corrected chi connectivity index (χ2v) is 11.8. The lowest BCUT2D eigenvalue weighted by atomic mass is 10.0. The second kappa shape index (κ2) is 14.4. The van der Waals surface area contributed by atoms with Gasteiger partial charge in [-0.1, -0.05) is 121 Å². The number of carbonyl (C=O) groups excluding carboxylic acids is 1. The average Bonchev–Trinajstić information content (AvgIpc) is 2.86. The summed E-state index contributed by atoms with van der Waals surface area (Å²) in [5.74, 6) is -0.0329. The van der Waals surface area contributed by atoms with Crippen LogP contribution >= 0.6 is 0 Å². The van der Waals surface area contributed by atoms with Gasteiger partial charge in [-0.3, -0.25) is 9.69 Å². The molecule has 192 valence electrons. The molecule has 0 unspecified atom stereocenters. The molecule has 0 aromatic heterocycles. The highest BCUT2D eigenvalue weighted by Gasteiger charge is 2.36. The van der Waals surface area contributed by atoms with Gasteiger partial charge in [-0.2, -0.15) is 0 Å². The first-order chi connectivity index (χ1) is 17.1. The number of anilines is 2. The fourth-order valence-corrected chi connectivity index (χ4v) is 6.64. The van der Waals surface area contributed by atoms with Crippen LogP contribution in [0.15, 0.2) is 58.3 Å². The van der Waals surface area contributed by atoms with E-state index in [2.05, 4.69) is 6.92 Å². The van der Waals surface area contributed by atoms with Crippen molar-refractivity contribution in [2.75, 3.05) is 4.90 Å². The quantitative estimate of drug-likeness (QED) is 0.218. The third kappa shape index (κ3) is 7.67. The molecule has 0 bridgehead atoms. The molecule has 2 aromatic carbocycles. The smallest absolute Gasteiger partial charge is 0.231 e. The molecule has 2 aromatic rings. The number of para-hydroxylation sites is 2. The highest BCUT2D eigenvalue weighted by molar-refractivity contribution is 7.92. The normalized spacial score (nSPS) is 13.9. The van der Waals surface area contributed by atoms with Gasteiger partial charge in [0.15, 0.2) is 0 Å². The molecule has 1 heterocycles.